The molecule has 8 nitrogen and oxygen atoms in total. The van der Waals surface area contributed by atoms with E-state index in [1.807, 2.05) is 0 Å². The molecule has 1 amide bonds. The second kappa shape index (κ2) is 10.2. The first-order valence-corrected chi connectivity index (χ1v) is 11.1. The molecule has 180 valence electrons. The number of morpholine rings is 1. The molecule has 1 atom stereocenters. The second-order valence-electron chi connectivity index (χ2n) is 8.20. The summed E-state index contributed by atoms with van der Waals surface area (Å²) < 4.78 is 25.3. The van der Waals surface area contributed by atoms with Gasteiger partial charge in [0.25, 0.3) is 11.7 Å². The van der Waals surface area contributed by atoms with E-state index < -0.39 is 29.3 Å². The number of carbonyl (C=O) groups is 2. The normalized spacial score (nSPS) is 20.6. The highest BCUT2D eigenvalue weighted by Crippen LogP contribution is 2.42. The number of methoxy groups -OCH3 is 1. The van der Waals surface area contributed by atoms with Crippen LogP contribution in [0.25, 0.3) is 5.76 Å². The molecular formula is C25H27FN2O6. The summed E-state index contributed by atoms with van der Waals surface area (Å²) in [5, 5.41) is 21.5. The summed E-state index contributed by atoms with van der Waals surface area (Å²) in [6.45, 7) is 3.75. The standard InChI is InChI=1S/C25H27FN2O6/c1-33-16-7-8-18(20(29)15-16)23(30)21-22(17-5-2-3-6-19(17)26)28(25(32)24(21)31)10-4-9-27-11-13-34-14-12-27/h2-3,5-8,15,22,29-30H,4,9-14H2,1H3/t22-/m1/s1. The number of carbonyl (C=O) groups excluding carboxylic acids is 2. The number of phenolic OH excluding ortho intramolecular Hbond substituents is 1. The molecule has 0 spiro atoms. The number of halogens is 1. The number of benzene rings is 2. The van der Waals surface area contributed by atoms with Crippen LogP contribution in [0.1, 0.15) is 23.6 Å². The summed E-state index contributed by atoms with van der Waals surface area (Å²) in [6.07, 6.45) is 0.561. The number of Topliss-reactive ketones (excluding diaryl/α,β-unsaturated/α-hetero) is 1. The van der Waals surface area contributed by atoms with Gasteiger partial charge in [0.1, 0.15) is 23.1 Å². The Labute approximate surface area is 196 Å². The maximum atomic E-state index is 14.9. The van der Waals surface area contributed by atoms with E-state index in [1.54, 1.807) is 6.07 Å². The first kappa shape index (κ1) is 23.7. The Morgan fingerprint density at radius 1 is 1.15 bits per heavy atom. The van der Waals surface area contributed by atoms with E-state index in [1.165, 1.54) is 48.4 Å². The molecule has 0 aliphatic carbocycles. The molecule has 2 fully saturated rings. The van der Waals surface area contributed by atoms with Crippen LogP contribution in [0.15, 0.2) is 48.0 Å². The molecule has 0 aromatic heterocycles. The number of nitrogens with zero attached hydrogens (tertiary/aromatic N) is 2. The van der Waals surface area contributed by atoms with Gasteiger partial charge in [0.05, 0.1) is 37.5 Å². The lowest BCUT2D eigenvalue weighted by Gasteiger charge is -2.29. The summed E-state index contributed by atoms with van der Waals surface area (Å²) in [6, 6.07) is 8.91. The Bertz CT molecular complexity index is 1110. The third kappa shape index (κ3) is 4.62. The van der Waals surface area contributed by atoms with Crippen LogP contribution in [0.2, 0.25) is 0 Å². The molecule has 2 heterocycles. The summed E-state index contributed by atoms with van der Waals surface area (Å²) >= 11 is 0. The van der Waals surface area contributed by atoms with E-state index in [4.69, 9.17) is 9.47 Å². The summed E-state index contributed by atoms with van der Waals surface area (Å²) in [5.74, 6) is -2.89. The summed E-state index contributed by atoms with van der Waals surface area (Å²) in [4.78, 5) is 29.6. The number of phenols is 1. The monoisotopic (exact) mass is 470 g/mol. The van der Waals surface area contributed by atoms with E-state index in [9.17, 15) is 24.2 Å². The molecule has 34 heavy (non-hydrogen) atoms. The van der Waals surface area contributed by atoms with E-state index in [2.05, 4.69) is 4.90 Å². The predicted octanol–water partition coefficient (Wildman–Crippen LogP) is 2.68. The highest BCUT2D eigenvalue weighted by Gasteiger charge is 2.47. The smallest absolute Gasteiger partial charge is 0.295 e. The number of aromatic hydroxyl groups is 1. The summed E-state index contributed by atoms with van der Waals surface area (Å²) in [7, 11) is 1.43. The van der Waals surface area contributed by atoms with E-state index in [0.29, 0.717) is 31.9 Å². The van der Waals surface area contributed by atoms with Crippen molar-refractivity contribution in [2.75, 3.05) is 46.5 Å². The average Bonchev–Trinajstić information content (AvgIpc) is 3.09. The van der Waals surface area contributed by atoms with Crippen molar-refractivity contribution in [1.29, 1.82) is 0 Å². The zero-order chi connectivity index (χ0) is 24.2. The number of aliphatic hydroxyl groups excluding tert-OH is 1. The molecule has 0 saturated carbocycles. The van der Waals surface area contributed by atoms with Crippen LogP contribution in [-0.4, -0.2) is 78.2 Å². The van der Waals surface area contributed by atoms with Gasteiger partial charge in [-0.25, -0.2) is 4.39 Å². The quantitative estimate of drug-likeness (QED) is 0.365. The van der Waals surface area contributed by atoms with Gasteiger partial charge in [0.2, 0.25) is 0 Å². The molecule has 4 rings (SSSR count). The molecule has 0 bridgehead atoms. The average molecular weight is 470 g/mol. The molecule has 0 radical (unpaired) electrons. The largest absolute Gasteiger partial charge is 0.507 e. The zero-order valence-electron chi connectivity index (χ0n) is 18.9. The van der Waals surface area contributed by atoms with Crippen molar-refractivity contribution < 1.29 is 33.7 Å². The lowest BCUT2D eigenvalue weighted by molar-refractivity contribution is -0.140. The zero-order valence-corrected chi connectivity index (χ0v) is 18.9. The maximum Gasteiger partial charge on any atom is 0.295 e. The fourth-order valence-corrected chi connectivity index (χ4v) is 4.40. The maximum absolute atomic E-state index is 14.9. The third-order valence-electron chi connectivity index (χ3n) is 6.18. The molecule has 2 saturated heterocycles. The fraction of sp³-hybridized carbons (Fsp3) is 0.360. The molecule has 9 heteroatoms. The second-order valence-corrected chi connectivity index (χ2v) is 8.20. The number of aliphatic hydroxyl groups is 1. The predicted molar refractivity (Wildman–Crippen MR) is 122 cm³/mol. The molecule has 2 aromatic carbocycles. The third-order valence-corrected chi connectivity index (χ3v) is 6.18. The van der Waals surface area contributed by atoms with Gasteiger partial charge < -0.3 is 24.6 Å². The van der Waals surface area contributed by atoms with Crippen LogP contribution in [-0.2, 0) is 14.3 Å². The van der Waals surface area contributed by atoms with Crippen molar-refractivity contribution in [2.45, 2.75) is 12.5 Å². The van der Waals surface area contributed by atoms with E-state index in [-0.39, 0.29) is 29.0 Å². The lowest BCUT2D eigenvalue weighted by Crippen LogP contribution is -2.39. The minimum absolute atomic E-state index is 0.0477. The summed E-state index contributed by atoms with van der Waals surface area (Å²) in [5.41, 5.74) is -0.210. The minimum Gasteiger partial charge on any atom is -0.507 e. The lowest BCUT2D eigenvalue weighted by atomic mass is 9.94. The van der Waals surface area contributed by atoms with Gasteiger partial charge in [-0.3, -0.25) is 14.5 Å². The number of amides is 1. The highest BCUT2D eigenvalue weighted by molar-refractivity contribution is 6.46. The molecule has 0 unspecified atom stereocenters. The van der Waals surface area contributed by atoms with Gasteiger partial charge in [0, 0.05) is 37.8 Å². The van der Waals surface area contributed by atoms with Crippen molar-refractivity contribution in [3.63, 3.8) is 0 Å². The van der Waals surface area contributed by atoms with Crippen LogP contribution in [0, 0.1) is 5.82 Å². The van der Waals surface area contributed by atoms with E-state index >= 15 is 0 Å². The van der Waals surface area contributed by atoms with Crippen LogP contribution >= 0.6 is 0 Å². The number of hydrogen-bond acceptors (Lipinski definition) is 7. The molecule has 2 aliphatic heterocycles. The van der Waals surface area contributed by atoms with Crippen LogP contribution < -0.4 is 4.74 Å². The van der Waals surface area contributed by atoms with Gasteiger partial charge in [0.15, 0.2) is 0 Å². The Morgan fingerprint density at radius 2 is 1.88 bits per heavy atom. The van der Waals surface area contributed by atoms with Gasteiger partial charge in [-0.2, -0.15) is 0 Å². The van der Waals surface area contributed by atoms with Gasteiger partial charge in [-0.05, 0) is 24.6 Å². The number of likely N-dealkylation sites (tertiary alicyclic amines) is 1. The molecule has 2 aromatic rings. The molecule has 2 aliphatic rings. The minimum atomic E-state index is -1.12. The van der Waals surface area contributed by atoms with Crippen molar-refractivity contribution in [1.82, 2.24) is 9.80 Å². The molecule has 2 N–H and O–H groups in total. The van der Waals surface area contributed by atoms with Crippen LogP contribution in [0.3, 0.4) is 0 Å². The van der Waals surface area contributed by atoms with Gasteiger partial charge >= 0.3 is 0 Å². The highest BCUT2D eigenvalue weighted by atomic mass is 19.1. The van der Waals surface area contributed by atoms with E-state index in [0.717, 1.165) is 13.1 Å². The van der Waals surface area contributed by atoms with Crippen molar-refractivity contribution >= 4 is 17.4 Å². The number of rotatable bonds is 7. The Hall–Kier alpha value is -3.43. The first-order valence-electron chi connectivity index (χ1n) is 11.1. The SMILES string of the molecule is COc1ccc(C(O)=C2C(=O)C(=O)N(CCCN3CCOCC3)[C@@H]2c2ccccc2F)c(O)c1. The molecular weight excluding hydrogens is 443 g/mol. The van der Waals surface area contributed by atoms with Crippen LogP contribution in [0.4, 0.5) is 4.39 Å². The van der Waals surface area contributed by atoms with Crippen molar-refractivity contribution in [3.05, 3.63) is 65.0 Å². The topological polar surface area (TPSA) is 99.5 Å². The Balaban J connectivity index is 1.71. The number of ketones is 1. The number of hydrogen-bond donors (Lipinski definition) is 2. The Kier molecular flexibility index (Phi) is 7.14. The Morgan fingerprint density at radius 3 is 2.56 bits per heavy atom. The number of ether oxygens (including phenoxy) is 2. The first-order chi connectivity index (χ1) is 16.4. The fourth-order valence-electron chi connectivity index (χ4n) is 4.40. The van der Waals surface area contributed by atoms with Crippen molar-refractivity contribution in [2.24, 2.45) is 0 Å². The van der Waals surface area contributed by atoms with Crippen molar-refractivity contribution in [3.8, 4) is 11.5 Å². The van der Waals surface area contributed by atoms with Gasteiger partial charge in [-0.1, -0.05) is 18.2 Å². The van der Waals surface area contributed by atoms with Gasteiger partial charge in [-0.15, -0.1) is 0 Å². The van der Waals surface area contributed by atoms with Crippen LogP contribution in [0.5, 0.6) is 11.5 Å².